The van der Waals surface area contributed by atoms with Crippen molar-refractivity contribution < 1.29 is 9.59 Å². The first-order valence-electron chi connectivity index (χ1n) is 5.70. The maximum Gasteiger partial charge on any atom is 0.256 e. The molecule has 2 aromatic rings. The summed E-state index contributed by atoms with van der Waals surface area (Å²) in [6.45, 7) is 1.92. The highest BCUT2D eigenvalue weighted by atomic mass is 16.2. The lowest BCUT2D eigenvalue weighted by molar-refractivity contribution is 0.0995. The van der Waals surface area contributed by atoms with Crippen LogP contribution in [-0.4, -0.2) is 16.8 Å². The summed E-state index contributed by atoms with van der Waals surface area (Å²) in [5, 5.41) is 2.67. The van der Waals surface area contributed by atoms with Crippen LogP contribution in [-0.2, 0) is 0 Å². The minimum atomic E-state index is -0.521. The first-order valence-corrected chi connectivity index (χ1v) is 5.70. The molecule has 3 N–H and O–H groups in total. The van der Waals surface area contributed by atoms with Gasteiger partial charge in [-0.25, -0.2) is 4.98 Å². The summed E-state index contributed by atoms with van der Waals surface area (Å²) in [6.07, 6.45) is 1.67. The van der Waals surface area contributed by atoms with Gasteiger partial charge in [0, 0.05) is 17.3 Å². The summed E-state index contributed by atoms with van der Waals surface area (Å²) in [6, 6.07) is 9.71. The fourth-order valence-electron chi connectivity index (χ4n) is 1.52. The fourth-order valence-corrected chi connectivity index (χ4v) is 1.52. The topological polar surface area (TPSA) is 85.1 Å². The molecule has 0 saturated heterocycles. The lowest BCUT2D eigenvalue weighted by atomic mass is 10.1. The largest absolute Gasteiger partial charge is 0.366 e. The summed E-state index contributed by atoms with van der Waals surface area (Å²) in [7, 11) is 0. The molecule has 0 fully saturated rings. The van der Waals surface area contributed by atoms with Crippen molar-refractivity contribution in [3.63, 3.8) is 0 Å². The van der Waals surface area contributed by atoms with Crippen LogP contribution in [0.25, 0.3) is 0 Å². The Balaban J connectivity index is 2.11. The van der Waals surface area contributed by atoms with Gasteiger partial charge in [-0.3, -0.25) is 9.59 Å². The number of pyridine rings is 1. The van der Waals surface area contributed by atoms with Gasteiger partial charge in [-0.15, -0.1) is 0 Å². The molecule has 0 spiro atoms. The highest BCUT2D eigenvalue weighted by Gasteiger charge is 2.07. The predicted molar refractivity (Wildman–Crippen MR) is 71.9 cm³/mol. The molecule has 0 radical (unpaired) electrons. The number of carbonyl (C=O) groups excluding carboxylic acids is 2. The molecule has 19 heavy (non-hydrogen) atoms. The Kier molecular flexibility index (Phi) is 3.56. The van der Waals surface area contributed by atoms with Crippen molar-refractivity contribution in [3.8, 4) is 0 Å². The van der Waals surface area contributed by atoms with Gasteiger partial charge in [0.1, 0.15) is 5.82 Å². The van der Waals surface area contributed by atoms with Crippen molar-refractivity contribution in [1.82, 2.24) is 4.98 Å². The van der Waals surface area contributed by atoms with Gasteiger partial charge in [0.2, 0.25) is 5.91 Å². The molecule has 0 aliphatic heterocycles. The highest BCUT2D eigenvalue weighted by molar-refractivity contribution is 6.04. The van der Waals surface area contributed by atoms with Crippen LogP contribution in [0.1, 0.15) is 26.3 Å². The maximum absolute atomic E-state index is 11.9. The van der Waals surface area contributed by atoms with Crippen LogP contribution in [0.2, 0.25) is 0 Å². The SMILES string of the molecule is Cc1ccc(NC(=O)c2ccc(C(N)=O)cc2)nc1. The van der Waals surface area contributed by atoms with E-state index in [2.05, 4.69) is 10.3 Å². The van der Waals surface area contributed by atoms with Crippen molar-refractivity contribution in [2.24, 2.45) is 5.73 Å². The zero-order valence-electron chi connectivity index (χ0n) is 10.4. The molecule has 1 aromatic carbocycles. The highest BCUT2D eigenvalue weighted by Crippen LogP contribution is 2.08. The summed E-state index contributed by atoms with van der Waals surface area (Å²) < 4.78 is 0. The van der Waals surface area contributed by atoms with Crippen LogP contribution >= 0.6 is 0 Å². The number of aromatic nitrogens is 1. The molecule has 96 valence electrons. The lowest BCUT2D eigenvalue weighted by Crippen LogP contribution is -2.14. The van der Waals surface area contributed by atoms with E-state index < -0.39 is 5.91 Å². The smallest absolute Gasteiger partial charge is 0.256 e. The van der Waals surface area contributed by atoms with Crippen LogP contribution < -0.4 is 11.1 Å². The molecule has 5 nitrogen and oxygen atoms in total. The first kappa shape index (κ1) is 12.8. The lowest BCUT2D eigenvalue weighted by Gasteiger charge is -2.05. The first-order chi connectivity index (χ1) is 9.06. The van der Waals surface area contributed by atoms with Gasteiger partial charge in [-0.05, 0) is 42.8 Å². The van der Waals surface area contributed by atoms with Crippen molar-refractivity contribution in [2.75, 3.05) is 5.32 Å². The van der Waals surface area contributed by atoms with Crippen LogP contribution in [0.15, 0.2) is 42.6 Å². The quantitative estimate of drug-likeness (QED) is 0.876. The number of benzene rings is 1. The number of primary amides is 1. The Labute approximate surface area is 110 Å². The van der Waals surface area contributed by atoms with E-state index in [4.69, 9.17) is 5.73 Å². The summed E-state index contributed by atoms with van der Waals surface area (Å²) >= 11 is 0. The monoisotopic (exact) mass is 255 g/mol. The number of nitrogens with one attached hydrogen (secondary N) is 1. The Morgan fingerprint density at radius 2 is 1.68 bits per heavy atom. The average Bonchev–Trinajstić information content (AvgIpc) is 2.41. The second-order valence-corrected chi connectivity index (χ2v) is 4.12. The second-order valence-electron chi connectivity index (χ2n) is 4.12. The Hall–Kier alpha value is -2.69. The number of nitrogens with zero attached hydrogens (tertiary/aromatic N) is 1. The molecule has 0 saturated carbocycles. The molecular formula is C14H13N3O2. The van der Waals surface area contributed by atoms with Crippen molar-refractivity contribution in [2.45, 2.75) is 6.92 Å². The van der Waals surface area contributed by atoms with E-state index in [1.54, 1.807) is 24.4 Å². The van der Waals surface area contributed by atoms with Crippen molar-refractivity contribution in [3.05, 3.63) is 59.3 Å². The third-order valence-corrected chi connectivity index (χ3v) is 2.58. The van der Waals surface area contributed by atoms with Crippen LogP contribution in [0.3, 0.4) is 0 Å². The minimum absolute atomic E-state index is 0.285. The van der Waals surface area contributed by atoms with Crippen molar-refractivity contribution in [1.29, 1.82) is 0 Å². The number of rotatable bonds is 3. The number of aryl methyl sites for hydroxylation is 1. The molecular weight excluding hydrogens is 242 g/mol. The second kappa shape index (κ2) is 5.30. The third-order valence-electron chi connectivity index (χ3n) is 2.58. The van der Waals surface area contributed by atoms with E-state index in [1.165, 1.54) is 12.1 Å². The third kappa shape index (κ3) is 3.16. The minimum Gasteiger partial charge on any atom is -0.366 e. The van der Waals surface area contributed by atoms with Gasteiger partial charge in [0.25, 0.3) is 5.91 Å². The normalized spacial score (nSPS) is 9.95. The number of nitrogens with two attached hydrogens (primary N) is 1. The van der Waals surface area contributed by atoms with Crippen LogP contribution in [0, 0.1) is 6.92 Å². The van der Waals surface area contributed by atoms with E-state index >= 15 is 0 Å². The molecule has 0 aliphatic rings. The molecule has 1 aromatic heterocycles. The molecule has 2 rings (SSSR count). The van der Waals surface area contributed by atoms with Gasteiger partial charge in [-0.1, -0.05) is 6.07 Å². The van der Waals surface area contributed by atoms with Gasteiger partial charge in [0.05, 0.1) is 0 Å². The Bertz CT molecular complexity index is 604. The summed E-state index contributed by atoms with van der Waals surface area (Å²) in [5.41, 5.74) is 6.95. The van der Waals surface area contributed by atoms with E-state index in [0.717, 1.165) is 5.56 Å². The van der Waals surface area contributed by atoms with Crippen LogP contribution in [0.4, 0.5) is 5.82 Å². The molecule has 2 amide bonds. The number of anilines is 1. The zero-order valence-corrected chi connectivity index (χ0v) is 10.4. The Morgan fingerprint density at radius 3 is 2.21 bits per heavy atom. The van der Waals surface area contributed by atoms with E-state index in [1.807, 2.05) is 13.0 Å². The number of hydrogen-bond acceptors (Lipinski definition) is 3. The van der Waals surface area contributed by atoms with Gasteiger partial charge in [-0.2, -0.15) is 0 Å². The van der Waals surface area contributed by atoms with Gasteiger partial charge in [0.15, 0.2) is 0 Å². The molecule has 0 bridgehead atoms. The number of amides is 2. The number of hydrogen-bond donors (Lipinski definition) is 2. The molecule has 0 atom stereocenters. The summed E-state index contributed by atoms with van der Waals surface area (Å²) in [5.74, 6) is -0.325. The van der Waals surface area contributed by atoms with Gasteiger partial charge >= 0.3 is 0 Å². The van der Waals surface area contributed by atoms with Crippen molar-refractivity contribution >= 4 is 17.6 Å². The summed E-state index contributed by atoms with van der Waals surface area (Å²) in [4.78, 5) is 26.9. The molecule has 1 heterocycles. The Morgan fingerprint density at radius 1 is 1.05 bits per heavy atom. The van der Waals surface area contributed by atoms with E-state index in [9.17, 15) is 9.59 Å². The standard InChI is InChI=1S/C14H13N3O2/c1-9-2-7-12(16-8-9)17-14(19)11-5-3-10(4-6-11)13(15)18/h2-8H,1H3,(H2,15,18)(H,16,17,19). The predicted octanol–water partition coefficient (Wildman–Crippen LogP) is 1.74. The van der Waals surface area contributed by atoms with Crippen LogP contribution in [0.5, 0.6) is 0 Å². The van der Waals surface area contributed by atoms with Gasteiger partial charge < -0.3 is 11.1 Å². The van der Waals surface area contributed by atoms with E-state index in [-0.39, 0.29) is 5.91 Å². The van der Waals surface area contributed by atoms with E-state index in [0.29, 0.717) is 16.9 Å². The number of carbonyl (C=O) groups is 2. The zero-order chi connectivity index (χ0) is 13.8. The molecule has 5 heteroatoms. The molecule has 0 aliphatic carbocycles. The molecule has 0 unspecified atom stereocenters. The fraction of sp³-hybridized carbons (Fsp3) is 0.0714. The average molecular weight is 255 g/mol. The maximum atomic E-state index is 11.9.